The number of carbonyl (C=O) groups excluding carboxylic acids is 2. The van der Waals surface area contributed by atoms with Gasteiger partial charge in [-0.2, -0.15) is 0 Å². The number of furan rings is 1. The van der Waals surface area contributed by atoms with Crippen LogP contribution < -0.4 is 0 Å². The third-order valence-electron chi connectivity index (χ3n) is 6.63. The van der Waals surface area contributed by atoms with Crippen molar-refractivity contribution in [3.63, 3.8) is 0 Å². The van der Waals surface area contributed by atoms with Gasteiger partial charge < -0.3 is 9.32 Å². The second kappa shape index (κ2) is 8.00. The summed E-state index contributed by atoms with van der Waals surface area (Å²) in [7, 11) is -3.68. The average molecular weight is 438 g/mol. The predicted molar refractivity (Wildman–Crippen MR) is 111 cm³/mol. The minimum atomic E-state index is -3.68. The summed E-state index contributed by atoms with van der Waals surface area (Å²) in [6.07, 6.45) is 5.15. The molecule has 0 bridgehead atoms. The van der Waals surface area contributed by atoms with Crippen LogP contribution in [0, 0.1) is 11.8 Å². The molecule has 9 heteroatoms. The summed E-state index contributed by atoms with van der Waals surface area (Å²) in [6.45, 7) is 6.98. The number of carbonyl (C=O) groups is 2. The zero-order chi connectivity index (χ0) is 21.6. The van der Waals surface area contributed by atoms with Gasteiger partial charge in [0.15, 0.2) is 5.76 Å². The van der Waals surface area contributed by atoms with Gasteiger partial charge in [-0.15, -0.1) is 0 Å². The fourth-order valence-electron chi connectivity index (χ4n) is 5.33. The van der Waals surface area contributed by atoms with Gasteiger partial charge in [-0.25, -0.2) is 12.7 Å². The van der Waals surface area contributed by atoms with Crippen molar-refractivity contribution in [2.75, 3.05) is 25.9 Å². The molecule has 8 nitrogen and oxygen atoms in total. The Morgan fingerprint density at radius 2 is 1.87 bits per heavy atom. The molecule has 3 aliphatic heterocycles. The molecule has 3 fully saturated rings. The lowest BCUT2D eigenvalue weighted by Gasteiger charge is -2.28. The van der Waals surface area contributed by atoms with Crippen molar-refractivity contribution in [3.8, 4) is 0 Å². The number of rotatable bonds is 5. The molecular formula is C21H31N3O5S. The van der Waals surface area contributed by atoms with Gasteiger partial charge in [-0.1, -0.05) is 20.3 Å². The molecule has 30 heavy (non-hydrogen) atoms. The van der Waals surface area contributed by atoms with Gasteiger partial charge in [-0.05, 0) is 50.4 Å². The fraction of sp³-hybridized carbons (Fsp3) is 0.714. The maximum absolute atomic E-state index is 13.3. The van der Waals surface area contributed by atoms with Crippen molar-refractivity contribution in [2.45, 2.75) is 58.2 Å². The van der Waals surface area contributed by atoms with E-state index in [1.54, 1.807) is 11.0 Å². The van der Waals surface area contributed by atoms with Crippen molar-refractivity contribution in [2.24, 2.45) is 11.8 Å². The van der Waals surface area contributed by atoms with Crippen LogP contribution >= 0.6 is 0 Å². The number of hydrogen-bond donors (Lipinski definition) is 0. The van der Waals surface area contributed by atoms with Gasteiger partial charge in [0.05, 0.1) is 30.8 Å². The largest absolute Gasteiger partial charge is 0.455 e. The Bertz CT molecular complexity index is 919. The van der Waals surface area contributed by atoms with Gasteiger partial charge in [0.2, 0.25) is 15.9 Å². The molecule has 0 radical (unpaired) electrons. The van der Waals surface area contributed by atoms with Crippen LogP contribution in [0.4, 0.5) is 0 Å². The first-order valence-corrected chi connectivity index (χ1v) is 12.7. The molecule has 3 saturated heterocycles. The minimum absolute atomic E-state index is 0.0728. The molecule has 3 atom stereocenters. The molecule has 0 saturated carbocycles. The van der Waals surface area contributed by atoms with Gasteiger partial charge in [0, 0.05) is 6.54 Å². The Balaban J connectivity index is 1.54. The highest BCUT2D eigenvalue weighted by molar-refractivity contribution is 7.88. The second-order valence-electron chi connectivity index (χ2n) is 9.11. The number of fused-ring (bicyclic) bond motifs is 1. The molecule has 0 aliphatic carbocycles. The summed E-state index contributed by atoms with van der Waals surface area (Å²) in [5, 5.41) is 0. The first kappa shape index (κ1) is 21.4. The van der Waals surface area contributed by atoms with Gasteiger partial charge in [0.25, 0.3) is 5.91 Å². The summed E-state index contributed by atoms with van der Waals surface area (Å²) in [5.74, 6) is -0.242. The summed E-state index contributed by atoms with van der Waals surface area (Å²) >= 11 is 0. The maximum atomic E-state index is 13.3. The smallest absolute Gasteiger partial charge is 0.289 e. The lowest BCUT2D eigenvalue weighted by Crippen LogP contribution is -2.44. The lowest BCUT2D eigenvalue weighted by atomic mass is 9.88. The molecule has 0 unspecified atom stereocenters. The Kier molecular flexibility index (Phi) is 5.69. The minimum Gasteiger partial charge on any atom is -0.455 e. The number of amides is 2. The standard InChI is InChI=1S/C21H31N3O5S/c1-14(2)18-19-16(24(21(18)26)30(3,27)28)9-12-23(19)20(25)17-8-7-15(29-17)13-22-10-5-4-6-11-22/h7-8,14,16,18-19H,4-6,9-13H2,1-3H3/t16-,18+,19-/m0/s1. The Labute approximate surface area is 178 Å². The number of nitrogens with zero attached hydrogens (tertiary/aromatic N) is 3. The monoisotopic (exact) mass is 437 g/mol. The van der Waals surface area contributed by atoms with Crippen molar-refractivity contribution in [1.82, 2.24) is 14.1 Å². The topological polar surface area (TPSA) is 91.1 Å². The number of piperidine rings is 1. The molecule has 4 heterocycles. The van der Waals surface area contributed by atoms with Crippen molar-refractivity contribution in [3.05, 3.63) is 23.7 Å². The van der Waals surface area contributed by atoms with Crippen LogP contribution in [0.15, 0.2) is 16.5 Å². The van der Waals surface area contributed by atoms with E-state index in [0.29, 0.717) is 19.5 Å². The highest BCUT2D eigenvalue weighted by atomic mass is 32.2. The van der Waals surface area contributed by atoms with E-state index >= 15 is 0 Å². The van der Waals surface area contributed by atoms with E-state index in [1.807, 2.05) is 19.9 Å². The third kappa shape index (κ3) is 3.77. The van der Waals surface area contributed by atoms with Gasteiger partial charge in [-0.3, -0.25) is 14.5 Å². The van der Waals surface area contributed by atoms with Crippen molar-refractivity contribution >= 4 is 21.8 Å². The normalized spacial score (nSPS) is 27.9. The van der Waals surface area contributed by atoms with E-state index < -0.39 is 33.9 Å². The maximum Gasteiger partial charge on any atom is 0.289 e. The van der Waals surface area contributed by atoms with E-state index in [0.717, 1.165) is 29.4 Å². The highest BCUT2D eigenvalue weighted by Crippen LogP contribution is 2.41. The molecule has 0 N–H and O–H groups in total. The number of likely N-dealkylation sites (tertiary alicyclic amines) is 2. The highest BCUT2D eigenvalue weighted by Gasteiger charge is 2.58. The molecule has 0 spiro atoms. The molecule has 0 aromatic carbocycles. The van der Waals surface area contributed by atoms with E-state index in [4.69, 9.17) is 4.42 Å². The molecule has 4 rings (SSSR count). The first-order valence-electron chi connectivity index (χ1n) is 10.8. The zero-order valence-electron chi connectivity index (χ0n) is 17.9. The van der Waals surface area contributed by atoms with E-state index in [2.05, 4.69) is 4.90 Å². The van der Waals surface area contributed by atoms with Gasteiger partial charge in [0.1, 0.15) is 5.76 Å². The lowest BCUT2D eigenvalue weighted by molar-refractivity contribution is -0.129. The van der Waals surface area contributed by atoms with E-state index in [-0.39, 0.29) is 17.6 Å². The van der Waals surface area contributed by atoms with Crippen LogP contribution in [0.25, 0.3) is 0 Å². The predicted octanol–water partition coefficient (Wildman–Crippen LogP) is 1.92. The SMILES string of the molecule is CC(C)[C@H]1C(=O)N(S(C)(=O)=O)[C@H]2CCN(C(=O)c3ccc(CN4CCCCC4)o3)[C@H]12. The van der Waals surface area contributed by atoms with Crippen LogP contribution in [0.1, 0.15) is 55.8 Å². The van der Waals surface area contributed by atoms with Crippen LogP contribution in [-0.4, -0.2) is 72.3 Å². The second-order valence-corrected chi connectivity index (χ2v) is 11.0. The van der Waals surface area contributed by atoms with Crippen LogP contribution in [0.5, 0.6) is 0 Å². The Morgan fingerprint density at radius 1 is 1.17 bits per heavy atom. The first-order chi connectivity index (χ1) is 14.2. The molecule has 1 aromatic heterocycles. The summed E-state index contributed by atoms with van der Waals surface area (Å²) < 4.78 is 31.4. The Hall–Kier alpha value is -1.87. The zero-order valence-corrected chi connectivity index (χ0v) is 18.7. The molecule has 2 amide bonds. The molecular weight excluding hydrogens is 406 g/mol. The molecule has 3 aliphatic rings. The molecule has 166 valence electrons. The molecule has 1 aromatic rings. The summed E-state index contributed by atoms with van der Waals surface area (Å²) in [5.41, 5.74) is 0. The van der Waals surface area contributed by atoms with Gasteiger partial charge >= 0.3 is 0 Å². The average Bonchev–Trinajstić information content (AvgIpc) is 3.35. The quantitative estimate of drug-likeness (QED) is 0.699. The summed E-state index contributed by atoms with van der Waals surface area (Å²) in [4.78, 5) is 30.2. The van der Waals surface area contributed by atoms with Crippen LogP contribution in [-0.2, 0) is 21.4 Å². The van der Waals surface area contributed by atoms with Crippen molar-refractivity contribution in [1.29, 1.82) is 0 Å². The van der Waals surface area contributed by atoms with Crippen LogP contribution in [0.3, 0.4) is 0 Å². The fourth-order valence-corrected chi connectivity index (χ4v) is 6.50. The van der Waals surface area contributed by atoms with E-state index in [1.165, 1.54) is 19.3 Å². The van der Waals surface area contributed by atoms with Crippen LogP contribution in [0.2, 0.25) is 0 Å². The number of hydrogen-bond acceptors (Lipinski definition) is 6. The summed E-state index contributed by atoms with van der Waals surface area (Å²) in [6, 6.07) is 2.60. The Morgan fingerprint density at radius 3 is 2.50 bits per heavy atom. The third-order valence-corrected chi connectivity index (χ3v) is 7.79. The van der Waals surface area contributed by atoms with Crippen molar-refractivity contribution < 1.29 is 22.4 Å². The number of sulfonamides is 1. The van der Waals surface area contributed by atoms with E-state index in [9.17, 15) is 18.0 Å².